The first-order chi connectivity index (χ1) is 17.5. The van der Waals surface area contributed by atoms with Crippen molar-refractivity contribution < 1.29 is 14.3 Å². The molecule has 0 saturated carbocycles. The summed E-state index contributed by atoms with van der Waals surface area (Å²) >= 11 is 4.45. The van der Waals surface area contributed by atoms with E-state index in [1.807, 2.05) is 60.7 Å². The van der Waals surface area contributed by atoms with Crippen molar-refractivity contribution in [1.82, 2.24) is 5.32 Å². The van der Waals surface area contributed by atoms with Crippen LogP contribution in [0.15, 0.2) is 84.4 Å². The van der Waals surface area contributed by atoms with Gasteiger partial charge in [0.2, 0.25) is 0 Å². The summed E-state index contributed by atoms with van der Waals surface area (Å²) in [5, 5.41) is 14.7. The standard InChI is InChI=1S/C29H22I2N2O3/c1-35-24-11-9-19(10-12-24)17-33-29(34)23(16-32)13-20-14-26(30)28(27(31)15-20)36-18-22-7-4-6-21-5-2-3-8-25(21)22/h2-15H,17-18H2,1H3,(H,33,34)/b23-13-. The number of carbonyl (C=O) groups excluding carboxylic acids is 1. The average molecular weight is 700 g/mol. The fourth-order valence-corrected chi connectivity index (χ4v) is 5.83. The lowest BCUT2D eigenvalue weighted by Gasteiger charge is -2.13. The molecule has 0 radical (unpaired) electrons. The largest absolute Gasteiger partial charge is 0.497 e. The summed E-state index contributed by atoms with van der Waals surface area (Å²) < 4.78 is 13.2. The third-order valence-electron chi connectivity index (χ3n) is 5.56. The van der Waals surface area contributed by atoms with Crippen LogP contribution in [0.4, 0.5) is 0 Å². The zero-order chi connectivity index (χ0) is 25.5. The van der Waals surface area contributed by atoms with E-state index in [1.54, 1.807) is 13.2 Å². The Balaban J connectivity index is 1.46. The molecule has 0 bridgehead atoms. The molecule has 0 heterocycles. The van der Waals surface area contributed by atoms with Crippen LogP contribution >= 0.6 is 45.2 Å². The van der Waals surface area contributed by atoms with Gasteiger partial charge in [0.25, 0.3) is 5.91 Å². The van der Waals surface area contributed by atoms with Gasteiger partial charge in [-0.05, 0) is 103 Å². The molecule has 0 aliphatic heterocycles. The molecule has 4 aromatic carbocycles. The maximum atomic E-state index is 12.6. The molecule has 4 rings (SSSR count). The van der Waals surface area contributed by atoms with Crippen LogP contribution in [0.1, 0.15) is 16.7 Å². The SMILES string of the molecule is COc1ccc(CNC(=O)/C(C#N)=C\c2cc(I)c(OCc3cccc4ccccc34)c(I)c2)cc1. The van der Waals surface area contributed by atoms with Gasteiger partial charge in [0.15, 0.2) is 0 Å². The minimum atomic E-state index is -0.422. The molecule has 0 aliphatic carbocycles. The molecular formula is C29H22I2N2O3. The lowest BCUT2D eigenvalue weighted by Crippen LogP contribution is -2.23. The molecular weight excluding hydrogens is 678 g/mol. The number of rotatable bonds is 8. The van der Waals surface area contributed by atoms with E-state index in [0.29, 0.717) is 13.2 Å². The van der Waals surface area contributed by atoms with Crippen molar-refractivity contribution in [2.75, 3.05) is 7.11 Å². The third-order valence-corrected chi connectivity index (χ3v) is 7.16. The minimum Gasteiger partial charge on any atom is -0.497 e. The molecule has 0 aromatic heterocycles. The van der Waals surface area contributed by atoms with Crippen LogP contribution in [0.25, 0.3) is 16.8 Å². The highest BCUT2D eigenvalue weighted by Crippen LogP contribution is 2.31. The number of methoxy groups -OCH3 is 1. The van der Waals surface area contributed by atoms with E-state index < -0.39 is 5.91 Å². The second-order valence-electron chi connectivity index (χ2n) is 7.94. The number of benzene rings is 4. The third kappa shape index (κ3) is 6.36. The average Bonchev–Trinajstić information content (AvgIpc) is 2.90. The second kappa shape index (κ2) is 12.2. The number of hydrogen-bond acceptors (Lipinski definition) is 4. The molecule has 7 heteroatoms. The van der Waals surface area contributed by atoms with Crippen molar-refractivity contribution in [2.24, 2.45) is 0 Å². The summed E-state index contributed by atoms with van der Waals surface area (Å²) in [6.07, 6.45) is 1.60. The van der Waals surface area contributed by atoms with Gasteiger partial charge in [-0.2, -0.15) is 5.26 Å². The van der Waals surface area contributed by atoms with Gasteiger partial charge in [0.05, 0.1) is 14.3 Å². The Morgan fingerprint density at radius 2 is 1.69 bits per heavy atom. The first kappa shape index (κ1) is 26.0. The van der Waals surface area contributed by atoms with Crippen LogP contribution in [0, 0.1) is 18.5 Å². The van der Waals surface area contributed by atoms with Gasteiger partial charge in [-0.25, -0.2) is 0 Å². The van der Waals surface area contributed by atoms with Gasteiger partial charge in [-0.1, -0.05) is 54.6 Å². The smallest absolute Gasteiger partial charge is 0.262 e. The Bertz CT molecular complexity index is 1450. The molecule has 36 heavy (non-hydrogen) atoms. The highest BCUT2D eigenvalue weighted by atomic mass is 127. The highest BCUT2D eigenvalue weighted by Gasteiger charge is 2.13. The van der Waals surface area contributed by atoms with E-state index in [-0.39, 0.29) is 5.57 Å². The molecule has 180 valence electrons. The number of halogens is 2. The van der Waals surface area contributed by atoms with Gasteiger partial charge in [0, 0.05) is 6.54 Å². The van der Waals surface area contributed by atoms with Crippen LogP contribution in [0.3, 0.4) is 0 Å². The molecule has 5 nitrogen and oxygen atoms in total. The molecule has 1 amide bonds. The predicted molar refractivity (Wildman–Crippen MR) is 159 cm³/mol. The van der Waals surface area contributed by atoms with Crippen LogP contribution in [0.5, 0.6) is 11.5 Å². The second-order valence-corrected chi connectivity index (χ2v) is 10.3. The first-order valence-electron chi connectivity index (χ1n) is 11.1. The van der Waals surface area contributed by atoms with E-state index in [4.69, 9.17) is 9.47 Å². The van der Waals surface area contributed by atoms with E-state index in [2.05, 4.69) is 74.8 Å². The van der Waals surface area contributed by atoms with E-state index in [0.717, 1.165) is 35.3 Å². The van der Waals surface area contributed by atoms with Crippen LogP contribution < -0.4 is 14.8 Å². The Labute approximate surface area is 237 Å². The highest BCUT2D eigenvalue weighted by molar-refractivity contribution is 14.1. The minimum absolute atomic E-state index is 0.0412. The maximum Gasteiger partial charge on any atom is 0.262 e. The molecule has 0 saturated heterocycles. The molecule has 0 spiro atoms. The van der Waals surface area contributed by atoms with Gasteiger partial charge in [-0.3, -0.25) is 4.79 Å². The van der Waals surface area contributed by atoms with Crippen molar-refractivity contribution in [3.63, 3.8) is 0 Å². The van der Waals surface area contributed by atoms with Crippen LogP contribution in [0.2, 0.25) is 0 Å². The number of hydrogen-bond donors (Lipinski definition) is 1. The van der Waals surface area contributed by atoms with Crippen molar-refractivity contribution in [1.29, 1.82) is 5.26 Å². The number of fused-ring (bicyclic) bond motifs is 1. The maximum absolute atomic E-state index is 12.6. The number of amides is 1. The first-order valence-corrected chi connectivity index (χ1v) is 13.3. The predicted octanol–water partition coefficient (Wildman–Crippen LogP) is 6.86. The van der Waals surface area contributed by atoms with Gasteiger partial charge < -0.3 is 14.8 Å². The van der Waals surface area contributed by atoms with Gasteiger partial charge >= 0.3 is 0 Å². The van der Waals surface area contributed by atoms with Crippen molar-refractivity contribution in [3.8, 4) is 17.6 Å². The number of carbonyl (C=O) groups is 1. The lowest BCUT2D eigenvalue weighted by molar-refractivity contribution is -0.117. The number of nitrogens with zero attached hydrogens (tertiary/aromatic N) is 1. The van der Waals surface area contributed by atoms with Crippen LogP contribution in [-0.2, 0) is 17.9 Å². The molecule has 1 N–H and O–H groups in total. The fraction of sp³-hybridized carbons (Fsp3) is 0.103. The van der Waals surface area contributed by atoms with Gasteiger partial charge in [0.1, 0.15) is 29.7 Å². The van der Waals surface area contributed by atoms with Crippen molar-refractivity contribution in [3.05, 3.63) is 108 Å². The molecule has 0 unspecified atom stereocenters. The summed E-state index contributed by atoms with van der Waals surface area (Å²) in [6.45, 7) is 0.762. The Morgan fingerprint density at radius 1 is 1.00 bits per heavy atom. The Kier molecular flexibility index (Phi) is 8.83. The number of nitrogens with one attached hydrogen (secondary N) is 1. The molecule has 0 fully saturated rings. The molecule has 0 atom stereocenters. The molecule has 4 aromatic rings. The van der Waals surface area contributed by atoms with Crippen molar-refractivity contribution >= 4 is 67.9 Å². The quantitative estimate of drug-likeness (QED) is 0.124. The lowest BCUT2D eigenvalue weighted by atomic mass is 10.1. The van der Waals surface area contributed by atoms with E-state index >= 15 is 0 Å². The summed E-state index contributed by atoms with van der Waals surface area (Å²) in [5.74, 6) is 1.11. The molecule has 0 aliphatic rings. The Hall–Kier alpha value is -3.10. The number of nitriles is 1. The van der Waals surface area contributed by atoms with E-state index in [1.165, 1.54) is 10.8 Å². The summed E-state index contributed by atoms with van der Waals surface area (Å²) in [4.78, 5) is 12.6. The normalized spacial score (nSPS) is 11.1. The topological polar surface area (TPSA) is 71.3 Å². The summed E-state index contributed by atoms with van der Waals surface area (Å²) in [5.41, 5.74) is 2.83. The van der Waals surface area contributed by atoms with E-state index in [9.17, 15) is 10.1 Å². The monoisotopic (exact) mass is 700 g/mol. The van der Waals surface area contributed by atoms with Gasteiger partial charge in [-0.15, -0.1) is 0 Å². The fourth-order valence-electron chi connectivity index (χ4n) is 3.71. The number of ether oxygens (including phenoxy) is 2. The van der Waals surface area contributed by atoms with Crippen molar-refractivity contribution in [2.45, 2.75) is 13.2 Å². The zero-order valence-electron chi connectivity index (χ0n) is 19.4. The zero-order valence-corrected chi connectivity index (χ0v) is 23.7. The Morgan fingerprint density at radius 3 is 2.39 bits per heavy atom. The van der Waals surface area contributed by atoms with Crippen LogP contribution in [-0.4, -0.2) is 13.0 Å². The summed E-state index contributed by atoms with van der Waals surface area (Å²) in [7, 11) is 1.60. The summed E-state index contributed by atoms with van der Waals surface area (Å²) in [6, 6.07) is 27.7.